The van der Waals surface area contributed by atoms with Crippen molar-refractivity contribution in [3.05, 3.63) is 23.2 Å². The number of benzene rings is 1. The topological polar surface area (TPSA) is 55.8 Å². The first-order chi connectivity index (χ1) is 7.95. The third-order valence-corrected chi connectivity index (χ3v) is 2.54. The number of halogens is 1. The third-order valence-electron chi connectivity index (χ3n) is 2.24. The van der Waals surface area contributed by atoms with Crippen LogP contribution in [-0.2, 0) is 4.79 Å². The molecule has 0 aliphatic heterocycles. The summed E-state index contributed by atoms with van der Waals surface area (Å²) in [5, 5.41) is 9.33. The molecule has 0 bridgehead atoms. The summed E-state index contributed by atoms with van der Waals surface area (Å²) in [7, 11) is 1.53. The predicted molar refractivity (Wildman–Crippen MR) is 64.9 cm³/mol. The molecule has 1 unspecified atom stereocenters. The lowest BCUT2D eigenvalue weighted by Gasteiger charge is -2.19. The molecule has 5 heteroatoms. The van der Waals surface area contributed by atoms with Gasteiger partial charge in [0.1, 0.15) is 11.5 Å². The molecule has 0 saturated heterocycles. The molecule has 0 amide bonds. The Hall–Kier alpha value is -1.42. The standard InChI is InChI=1S/C12H15ClO4/c1-7(2)11(12(14)15)17-10-5-4-8(16-3)6-9(10)13/h4-7,11H,1-3H3,(H,14,15). The summed E-state index contributed by atoms with van der Waals surface area (Å²) in [6.45, 7) is 3.55. The number of carbonyl (C=O) groups is 1. The Labute approximate surface area is 105 Å². The van der Waals surface area contributed by atoms with E-state index < -0.39 is 12.1 Å². The Bertz CT molecular complexity index is 403. The number of carboxylic acid groups (broad SMARTS) is 1. The number of ether oxygens (including phenoxy) is 2. The van der Waals surface area contributed by atoms with Gasteiger partial charge in [-0.05, 0) is 12.1 Å². The van der Waals surface area contributed by atoms with Crippen LogP contribution >= 0.6 is 11.6 Å². The number of methoxy groups -OCH3 is 1. The molecule has 0 spiro atoms. The Kier molecular flexibility index (Phi) is 4.63. The van der Waals surface area contributed by atoms with Gasteiger partial charge < -0.3 is 14.6 Å². The third kappa shape index (κ3) is 3.53. The van der Waals surface area contributed by atoms with Crippen molar-refractivity contribution in [1.29, 1.82) is 0 Å². The minimum Gasteiger partial charge on any atom is -0.497 e. The van der Waals surface area contributed by atoms with E-state index in [1.54, 1.807) is 32.0 Å². The van der Waals surface area contributed by atoms with Crippen molar-refractivity contribution < 1.29 is 19.4 Å². The molecule has 0 aliphatic rings. The number of rotatable bonds is 5. The average Bonchev–Trinajstić information content (AvgIpc) is 2.26. The highest BCUT2D eigenvalue weighted by Crippen LogP contribution is 2.30. The molecule has 4 nitrogen and oxygen atoms in total. The number of hydrogen-bond acceptors (Lipinski definition) is 3. The van der Waals surface area contributed by atoms with Crippen LogP contribution in [0.1, 0.15) is 13.8 Å². The van der Waals surface area contributed by atoms with Crippen molar-refractivity contribution in [2.75, 3.05) is 7.11 Å². The van der Waals surface area contributed by atoms with Crippen LogP contribution in [-0.4, -0.2) is 24.3 Å². The second-order valence-corrected chi connectivity index (χ2v) is 4.32. The van der Waals surface area contributed by atoms with Gasteiger partial charge in [-0.3, -0.25) is 0 Å². The molecule has 0 saturated carbocycles. The van der Waals surface area contributed by atoms with Crippen LogP contribution in [0.3, 0.4) is 0 Å². The quantitative estimate of drug-likeness (QED) is 0.882. The Morgan fingerprint density at radius 1 is 1.41 bits per heavy atom. The summed E-state index contributed by atoms with van der Waals surface area (Å²) in [5.41, 5.74) is 0. The van der Waals surface area contributed by atoms with Gasteiger partial charge in [-0.1, -0.05) is 25.4 Å². The van der Waals surface area contributed by atoms with Gasteiger partial charge in [0.2, 0.25) is 0 Å². The predicted octanol–water partition coefficient (Wildman–Crippen LogP) is 2.84. The molecule has 17 heavy (non-hydrogen) atoms. The highest BCUT2D eigenvalue weighted by atomic mass is 35.5. The van der Waals surface area contributed by atoms with Crippen molar-refractivity contribution in [3.63, 3.8) is 0 Å². The maximum atomic E-state index is 11.0. The summed E-state index contributed by atoms with van der Waals surface area (Å²) < 4.78 is 10.4. The van der Waals surface area contributed by atoms with Crippen molar-refractivity contribution in [1.82, 2.24) is 0 Å². The fourth-order valence-electron chi connectivity index (χ4n) is 1.31. The van der Waals surface area contributed by atoms with Gasteiger partial charge >= 0.3 is 5.97 Å². The molecule has 0 aromatic heterocycles. The largest absolute Gasteiger partial charge is 0.497 e. The molecule has 94 valence electrons. The van der Waals surface area contributed by atoms with Crippen LogP contribution in [0.5, 0.6) is 11.5 Å². The van der Waals surface area contributed by atoms with E-state index in [1.807, 2.05) is 0 Å². The average molecular weight is 259 g/mol. The van der Waals surface area contributed by atoms with E-state index in [0.717, 1.165) is 0 Å². The zero-order valence-corrected chi connectivity index (χ0v) is 10.7. The van der Waals surface area contributed by atoms with E-state index in [4.69, 9.17) is 26.2 Å². The monoisotopic (exact) mass is 258 g/mol. The fraction of sp³-hybridized carbons (Fsp3) is 0.417. The van der Waals surface area contributed by atoms with Crippen LogP contribution in [0.4, 0.5) is 0 Å². The second kappa shape index (κ2) is 5.77. The molecular formula is C12H15ClO4. The molecule has 1 aromatic carbocycles. The van der Waals surface area contributed by atoms with Crippen LogP contribution in [0.2, 0.25) is 5.02 Å². The van der Waals surface area contributed by atoms with Gasteiger partial charge in [-0.2, -0.15) is 0 Å². The van der Waals surface area contributed by atoms with Crippen molar-refractivity contribution in [3.8, 4) is 11.5 Å². The van der Waals surface area contributed by atoms with E-state index in [9.17, 15) is 4.79 Å². The van der Waals surface area contributed by atoms with Crippen LogP contribution in [0, 0.1) is 5.92 Å². The molecule has 0 aliphatic carbocycles. The first-order valence-electron chi connectivity index (χ1n) is 5.18. The van der Waals surface area contributed by atoms with Gasteiger partial charge in [0.05, 0.1) is 12.1 Å². The lowest BCUT2D eigenvalue weighted by molar-refractivity contribution is -0.147. The Morgan fingerprint density at radius 3 is 2.47 bits per heavy atom. The maximum absolute atomic E-state index is 11.0. The first-order valence-corrected chi connectivity index (χ1v) is 5.56. The number of hydrogen-bond donors (Lipinski definition) is 1. The summed E-state index contributed by atoms with van der Waals surface area (Å²) in [4.78, 5) is 11.0. The van der Waals surface area contributed by atoms with Crippen LogP contribution in [0.25, 0.3) is 0 Å². The summed E-state index contributed by atoms with van der Waals surface area (Å²) in [5.74, 6) is -0.218. The number of carboxylic acids is 1. The van der Waals surface area contributed by atoms with Gasteiger partial charge in [0.15, 0.2) is 6.10 Å². The molecule has 1 atom stereocenters. The van der Waals surface area contributed by atoms with Gasteiger partial charge in [0.25, 0.3) is 0 Å². The molecule has 0 radical (unpaired) electrons. The van der Waals surface area contributed by atoms with Crippen LogP contribution in [0.15, 0.2) is 18.2 Å². The zero-order chi connectivity index (χ0) is 13.0. The van der Waals surface area contributed by atoms with Gasteiger partial charge in [-0.25, -0.2) is 4.79 Å². The van der Waals surface area contributed by atoms with E-state index >= 15 is 0 Å². The Morgan fingerprint density at radius 2 is 2.06 bits per heavy atom. The van der Waals surface area contributed by atoms with E-state index in [0.29, 0.717) is 16.5 Å². The smallest absolute Gasteiger partial charge is 0.345 e. The molecule has 1 aromatic rings. The van der Waals surface area contributed by atoms with Crippen LogP contribution < -0.4 is 9.47 Å². The summed E-state index contributed by atoms with van der Waals surface area (Å²) >= 11 is 5.96. The first kappa shape index (κ1) is 13.6. The zero-order valence-electron chi connectivity index (χ0n) is 9.94. The minimum absolute atomic E-state index is 0.148. The summed E-state index contributed by atoms with van der Waals surface area (Å²) in [6.07, 6.45) is -0.916. The maximum Gasteiger partial charge on any atom is 0.345 e. The molecule has 0 fully saturated rings. The minimum atomic E-state index is -1.01. The van der Waals surface area contributed by atoms with E-state index in [2.05, 4.69) is 0 Å². The molecule has 1 N–H and O–H groups in total. The highest BCUT2D eigenvalue weighted by Gasteiger charge is 2.24. The second-order valence-electron chi connectivity index (χ2n) is 3.92. The molecule has 0 heterocycles. The van der Waals surface area contributed by atoms with E-state index in [1.165, 1.54) is 7.11 Å². The van der Waals surface area contributed by atoms with Gasteiger partial charge in [0, 0.05) is 12.0 Å². The number of aliphatic carboxylic acids is 1. The lowest BCUT2D eigenvalue weighted by atomic mass is 10.1. The summed E-state index contributed by atoms with van der Waals surface area (Å²) in [6, 6.07) is 4.84. The Balaban J connectivity index is 2.90. The van der Waals surface area contributed by atoms with Crippen molar-refractivity contribution >= 4 is 17.6 Å². The molecular weight excluding hydrogens is 244 g/mol. The normalized spacial score (nSPS) is 12.3. The van der Waals surface area contributed by atoms with Gasteiger partial charge in [-0.15, -0.1) is 0 Å². The van der Waals surface area contributed by atoms with E-state index in [-0.39, 0.29) is 5.92 Å². The fourth-order valence-corrected chi connectivity index (χ4v) is 1.53. The highest BCUT2D eigenvalue weighted by molar-refractivity contribution is 6.32. The lowest BCUT2D eigenvalue weighted by Crippen LogP contribution is -2.32. The molecule has 1 rings (SSSR count). The van der Waals surface area contributed by atoms with Crippen molar-refractivity contribution in [2.45, 2.75) is 20.0 Å². The van der Waals surface area contributed by atoms with Crippen molar-refractivity contribution in [2.24, 2.45) is 5.92 Å². The SMILES string of the molecule is COc1ccc(OC(C(=O)O)C(C)C)c(Cl)c1.